The lowest BCUT2D eigenvalue weighted by Gasteiger charge is -2.08. The second-order valence-electron chi connectivity index (χ2n) is 5.32. The molecule has 0 fully saturated rings. The van der Waals surface area contributed by atoms with Gasteiger partial charge in [-0.15, -0.1) is 6.58 Å². The van der Waals surface area contributed by atoms with Crippen LogP contribution in [0.2, 0.25) is 0 Å². The van der Waals surface area contributed by atoms with Crippen LogP contribution in [-0.4, -0.2) is 5.97 Å². The number of rotatable bonds is 10. The lowest BCUT2D eigenvalue weighted by molar-refractivity contribution is -0.135. The molecule has 0 N–H and O–H groups in total. The second-order valence-corrected chi connectivity index (χ2v) is 5.32. The molecule has 0 amide bonds. The average Bonchev–Trinajstić information content (AvgIpc) is 2.65. The minimum absolute atomic E-state index is 0. The molecule has 0 radical (unpaired) electrons. The molecule has 1 rings (SSSR count). The van der Waals surface area contributed by atoms with Gasteiger partial charge in [0.25, 0.3) is 0 Å². The maximum atomic E-state index is 13.3. The molecule has 0 aliphatic rings. The quantitative estimate of drug-likeness (QED) is 0.0791. The Balaban J connectivity index is 0. The molecule has 0 heterocycles. The smallest absolute Gasteiger partial charge is 0.311 e. The van der Waals surface area contributed by atoms with Crippen LogP contribution in [0.1, 0.15) is 72.6 Å². The third-order valence-electron chi connectivity index (χ3n) is 3.42. The van der Waals surface area contributed by atoms with E-state index in [0.717, 1.165) is 32.1 Å². The Morgan fingerprint density at radius 3 is 1.70 bits per heavy atom. The van der Waals surface area contributed by atoms with Crippen molar-refractivity contribution in [2.45, 2.75) is 72.6 Å². The number of carbonyl (C=O) groups excluding carboxylic acids is 1. The Hall–Kier alpha value is -1.92. The molecule has 7 heteroatoms. The van der Waals surface area contributed by atoms with Crippen molar-refractivity contribution >= 4 is 5.97 Å². The van der Waals surface area contributed by atoms with Gasteiger partial charge in [-0.1, -0.05) is 53.0 Å². The van der Waals surface area contributed by atoms with Gasteiger partial charge in [0, 0.05) is 6.42 Å². The third-order valence-corrected chi connectivity index (χ3v) is 3.42. The summed E-state index contributed by atoms with van der Waals surface area (Å²) in [6, 6.07) is 0. The molecular formula is C20H29F5O2. The summed E-state index contributed by atoms with van der Waals surface area (Å²) in [5, 5.41) is 0. The normalized spacial score (nSPS) is 9.74. The Morgan fingerprint density at radius 2 is 1.22 bits per heavy atom. The van der Waals surface area contributed by atoms with E-state index in [2.05, 4.69) is 11.3 Å². The van der Waals surface area contributed by atoms with Gasteiger partial charge in [-0.05, 0) is 19.3 Å². The Bertz CT molecular complexity index is 559. The van der Waals surface area contributed by atoms with Gasteiger partial charge in [-0.25, -0.2) is 13.2 Å². The number of benzene rings is 1. The first-order valence-electron chi connectivity index (χ1n) is 8.73. The molecule has 0 saturated carbocycles. The highest BCUT2D eigenvalue weighted by atomic mass is 19.2. The van der Waals surface area contributed by atoms with E-state index in [0.29, 0.717) is 12.8 Å². The molecule has 1 aromatic carbocycles. The predicted octanol–water partition coefficient (Wildman–Crippen LogP) is 7.26. The molecule has 2 nitrogen and oxygen atoms in total. The van der Waals surface area contributed by atoms with Gasteiger partial charge < -0.3 is 4.74 Å². The molecule has 1 aromatic rings. The summed E-state index contributed by atoms with van der Waals surface area (Å²) in [5.41, 5.74) is 0. The lowest BCUT2D eigenvalue weighted by atomic mass is 10.1. The minimum atomic E-state index is -2.29. The van der Waals surface area contributed by atoms with Crippen molar-refractivity contribution in [1.29, 1.82) is 0 Å². The van der Waals surface area contributed by atoms with Crippen molar-refractivity contribution in [1.82, 2.24) is 0 Å². The summed E-state index contributed by atoms with van der Waals surface area (Å²) in [6.07, 6.45) is 7.71. The number of halogens is 5. The van der Waals surface area contributed by atoms with Crippen LogP contribution in [0.3, 0.4) is 0 Å². The average molecular weight is 396 g/mol. The van der Waals surface area contributed by atoms with Crippen LogP contribution in [0.15, 0.2) is 12.7 Å². The summed E-state index contributed by atoms with van der Waals surface area (Å²) in [4.78, 5) is 11.5. The van der Waals surface area contributed by atoms with Crippen molar-refractivity contribution in [2.24, 2.45) is 0 Å². The van der Waals surface area contributed by atoms with E-state index < -0.39 is 40.8 Å². The van der Waals surface area contributed by atoms with E-state index in [-0.39, 0.29) is 13.8 Å². The molecular weight excluding hydrogens is 367 g/mol. The summed E-state index contributed by atoms with van der Waals surface area (Å²) < 4.78 is 69.8. The van der Waals surface area contributed by atoms with E-state index in [1.165, 1.54) is 0 Å². The number of carbonyl (C=O) groups is 1. The van der Waals surface area contributed by atoms with Crippen molar-refractivity contribution < 1.29 is 31.5 Å². The monoisotopic (exact) mass is 396 g/mol. The first kappa shape index (κ1) is 27.3. The summed E-state index contributed by atoms with van der Waals surface area (Å²) in [6.45, 7) is 7.62. The number of allylic oxidation sites excluding steroid dienone is 1. The van der Waals surface area contributed by atoms with Gasteiger partial charge in [-0.2, -0.15) is 8.78 Å². The molecule has 0 aliphatic carbocycles. The van der Waals surface area contributed by atoms with Gasteiger partial charge in [0.15, 0.2) is 0 Å². The minimum Gasteiger partial charge on any atom is -0.420 e. The molecule has 0 bridgehead atoms. The van der Waals surface area contributed by atoms with E-state index in [9.17, 15) is 26.7 Å². The maximum Gasteiger partial charge on any atom is 0.311 e. The van der Waals surface area contributed by atoms with E-state index in [1.807, 2.05) is 19.9 Å². The van der Waals surface area contributed by atoms with Crippen molar-refractivity contribution in [3.05, 3.63) is 41.7 Å². The van der Waals surface area contributed by atoms with E-state index in [4.69, 9.17) is 0 Å². The van der Waals surface area contributed by atoms with Crippen molar-refractivity contribution in [3.63, 3.8) is 0 Å². The molecule has 0 aromatic heterocycles. The molecule has 0 atom stereocenters. The predicted molar refractivity (Wildman–Crippen MR) is 97.1 cm³/mol. The zero-order valence-electron chi connectivity index (χ0n) is 15.1. The van der Waals surface area contributed by atoms with Crippen LogP contribution >= 0.6 is 0 Å². The van der Waals surface area contributed by atoms with Crippen LogP contribution in [-0.2, 0) is 4.79 Å². The van der Waals surface area contributed by atoms with Crippen LogP contribution in [0, 0.1) is 29.1 Å². The maximum absolute atomic E-state index is 13.3. The van der Waals surface area contributed by atoms with Crippen LogP contribution in [0.25, 0.3) is 0 Å². The zero-order chi connectivity index (χ0) is 20.1. The fraction of sp³-hybridized carbons (Fsp3) is 0.550. The van der Waals surface area contributed by atoms with Crippen LogP contribution < -0.4 is 4.74 Å². The highest BCUT2D eigenvalue weighted by Gasteiger charge is 2.28. The molecule has 0 aliphatic heterocycles. The standard InChI is InChI=1S/C17H19F5O2.C2H6.CH4/c1-2-3-4-5-6-7-8-9-10-11(23)24-17-15(21)13(19)12(18)14(20)16(17)22;1-2;/h2H,1,3-10H2;1-2H3;1H4. The summed E-state index contributed by atoms with van der Waals surface area (Å²) in [5.74, 6) is -13.5. The van der Waals surface area contributed by atoms with Crippen LogP contribution in [0.5, 0.6) is 5.75 Å². The Morgan fingerprint density at radius 1 is 0.815 bits per heavy atom. The highest BCUT2D eigenvalue weighted by Crippen LogP contribution is 2.29. The van der Waals surface area contributed by atoms with E-state index in [1.54, 1.807) is 0 Å². The van der Waals surface area contributed by atoms with Crippen molar-refractivity contribution in [2.75, 3.05) is 0 Å². The number of esters is 1. The zero-order valence-corrected chi connectivity index (χ0v) is 15.1. The topological polar surface area (TPSA) is 26.3 Å². The number of hydrogen-bond donors (Lipinski definition) is 0. The first-order valence-corrected chi connectivity index (χ1v) is 8.73. The molecule has 0 unspecified atom stereocenters. The highest BCUT2D eigenvalue weighted by molar-refractivity contribution is 5.72. The molecule has 0 spiro atoms. The van der Waals surface area contributed by atoms with Crippen molar-refractivity contribution in [3.8, 4) is 5.75 Å². The fourth-order valence-electron chi connectivity index (χ4n) is 2.10. The van der Waals surface area contributed by atoms with Gasteiger partial charge in [0.2, 0.25) is 34.8 Å². The van der Waals surface area contributed by atoms with E-state index >= 15 is 0 Å². The molecule has 156 valence electrons. The van der Waals surface area contributed by atoms with Gasteiger partial charge in [0.05, 0.1) is 0 Å². The van der Waals surface area contributed by atoms with Gasteiger partial charge in [-0.3, -0.25) is 4.79 Å². The number of hydrogen-bond acceptors (Lipinski definition) is 2. The third kappa shape index (κ3) is 9.02. The summed E-state index contributed by atoms with van der Waals surface area (Å²) in [7, 11) is 0. The van der Waals surface area contributed by atoms with Gasteiger partial charge >= 0.3 is 5.97 Å². The van der Waals surface area contributed by atoms with Crippen LogP contribution in [0.4, 0.5) is 22.0 Å². The Labute approximate surface area is 158 Å². The van der Waals surface area contributed by atoms with Gasteiger partial charge in [0.1, 0.15) is 0 Å². The lowest BCUT2D eigenvalue weighted by Crippen LogP contribution is -2.13. The molecule has 27 heavy (non-hydrogen) atoms. The number of unbranched alkanes of at least 4 members (excludes halogenated alkanes) is 6. The first-order chi connectivity index (χ1) is 12.4. The SMILES string of the molecule is C.C=CCCCCCCCCC(=O)Oc1c(F)c(F)c(F)c(F)c1F.CC. The fourth-order valence-corrected chi connectivity index (χ4v) is 2.10. The summed E-state index contributed by atoms with van der Waals surface area (Å²) >= 11 is 0. The Kier molecular flexibility index (Phi) is 15.3. The molecule has 0 saturated heterocycles. The second kappa shape index (κ2) is 15.2. The largest absolute Gasteiger partial charge is 0.420 e. The number of ether oxygens (including phenoxy) is 1.